The van der Waals surface area contributed by atoms with Crippen molar-refractivity contribution in [2.24, 2.45) is 0 Å². The van der Waals surface area contributed by atoms with Gasteiger partial charge in [0.2, 0.25) is 0 Å². The third-order valence-corrected chi connectivity index (χ3v) is 3.30. The summed E-state index contributed by atoms with van der Waals surface area (Å²) >= 11 is 1.54. The molecule has 1 unspecified atom stereocenters. The van der Waals surface area contributed by atoms with Crippen LogP contribution in [-0.2, 0) is 4.79 Å². The molecule has 72 valence electrons. The normalized spacial score (nSPS) is 24.8. The van der Waals surface area contributed by atoms with Crippen molar-refractivity contribution in [2.45, 2.75) is 37.4 Å². The molecule has 1 atom stereocenters. The maximum absolute atomic E-state index is 10.5. The lowest BCUT2D eigenvalue weighted by atomic mass is 10.1. The fraction of sp³-hybridized carbons (Fsp3) is 0.875. The number of carbonyl (C=O) groups excluding carboxylic acids is 1. The molecule has 0 aromatic heterocycles. The van der Waals surface area contributed by atoms with Crippen LogP contribution >= 0.6 is 11.8 Å². The first-order valence-electron chi connectivity index (χ1n) is 4.13. The molecule has 0 saturated carbocycles. The zero-order chi connectivity index (χ0) is 8.10. The topological polar surface area (TPSA) is 76.6 Å². The molecule has 1 fully saturated rings. The number of hydrogen-bond donors (Lipinski definition) is 1. The Hall–Kier alpha value is -0.220. The number of carboxylic acids is 1. The lowest BCUT2D eigenvalue weighted by Crippen LogP contribution is -2.34. The van der Waals surface area contributed by atoms with E-state index in [1.54, 1.807) is 11.8 Å². The number of rotatable bonds is 1. The Morgan fingerprint density at radius 2 is 1.92 bits per heavy atom. The van der Waals surface area contributed by atoms with Crippen molar-refractivity contribution in [1.82, 2.24) is 6.15 Å². The molecule has 0 radical (unpaired) electrons. The highest BCUT2D eigenvalue weighted by molar-refractivity contribution is 8.00. The van der Waals surface area contributed by atoms with Gasteiger partial charge in [-0.2, -0.15) is 11.8 Å². The summed E-state index contributed by atoms with van der Waals surface area (Å²) in [5.74, 6) is 0.107. The van der Waals surface area contributed by atoms with E-state index in [2.05, 4.69) is 0 Å². The number of quaternary nitrogens is 1. The molecule has 1 aliphatic rings. The Morgan fingerprint density at radius 3 is 2.58 bits per heavy atom. The first-order valence-corrected chi connectivity index (χ1v) is 5.18. The van der Waals surface area contributed by atoms with Gasteiger partial charge in [0.25, 0.3) is 0 Å². The van der Waals surface area contributed by atoms with Gasteiger partial charge in [0.15, 0.2) is 0 Å². The minimum absolute atomic E-state index is 0. The fourth-order valence-electron chi connectivity index (χ4n) is 1.28. The van der Waals surface area contributed by atoms with Crippen molar-refractivity contribution in [3.63, 3.8) is 0 Å². The molecule has 0 bridgehead atoms. The SMILES string of the molecule is O=C([O-])C1CCCCCCS1.[NH4+]. The summed E-state index contributed by atoms with van der Waals surface area (Å²) in [6.45, 7) is 0. The van der Waals surface area contributed by atoms with Crippen LogP contribution in [0, 0.1) is 0 Å². The van der Waals surface area contributed by atoms with Crippen molar-refractivity contribution in [3.05, 3.63) is 0 Å². The molecule has 0 aliphatic carbocycles. The Bertz CT molecular complexity index is 133. The van der Waals surface area contributed by atoms with Crippen molar-refractivity contribution in [1.29, 1.82) is 0 Å². The number of thioether (sulfide) groups is 1. The van der Waals surface area contributed by atoms with Crippen LogP contribution in [0.4, 0.5) is 0 Å². The molecule has 0 aromatic rings. The van der Waals surface area contributed by atoms with Crippen LogP contribution in [0.3, 0.4) is 0 Å². The summed E-state index contributed by atoms with van der Waals surface area (Å²) in [5, 5.41) is 10.2. The molecule has 3 nitrogen and oxygen atoms in total. The van der Waals surface area contributed by atoms with E-state index in [1.165, 1.54) is 12.8 Å². The monoisotopic (exact) mass is 191 g/mol. The van der Waals surface area contributed by atoms with Crippen molar-refractivity contribution < 1.29 is 9.90 Å². The zero-order valence-electron chi connectivity index (χ0n) is 7.54. The standard InChI is InChI=1S/C8H14O2S.H3N/c9-8(10)7-5-3-1-2-4-6-11-7;/h7H,1-6H2,(H,9,10);1H3. The average molecular weight is 191 g/mol. The summed E-state index contributed by atoms with van der Waals surface area (Å²) < 4.78 is 0. The van der Waals surface area contributed by atoms with E-state index in [0.717, 1.165) is 25.0 Å². The molecule has 0 amide bonds. The lowest BCUT2D eigenvalue weighted by molar-refractivity contribution is -0.304. The average Bonchev–Trinajstić information content (AvgIpc) is 1.84. The Morgan fingerprint density at radius 1 is 1.25 bits per heavy atom. The molecule has 1 aliphatic heterocycles. The van der Waals surface area contributed by atoms with E-state index in [0.29, 0.717) is 0 Å². The van der Waals surface area contributed by atoms with E-state index < -0.39 is 5.97 Å². The number of carbonyl (C=O) groups is 1. The van der Waals surface area contributed by atoms with Gasteiger partial charge in [-0.1, -0.05) is 19.3 Å². The van der Waals surface area contributed by atoms with Crippen LogP contribution < -0.4 is 11.3 Å². The summed E-state index contributed by atoms with van der Waals surface area (Å²) in [4.78, 5) is 10.5. The summed E-state index contributed by atoms with van der Waals surface area (Å²) in [6, 6.07) is 0. The second kappa shape index (κ2) is 6.31. The highest BCUT2D eigenvalue weighted by atomic mass is 32.2. The Kier molecular flexibility index (Phi) is 6.20. The van der Waals surface area contributed by atoms with Crippen LogP contribution in [0.15, 0.2) is 0 Å². The Balaban J connectivity index is 0.00000121. The maximum Gasteiger partial charge on any atom is 0.0544 e. The largest absolute Gasteiger partial charge is 0.549 e. The molecule has 4 N–H and O–H groups in total. The lowest BCUT2D eigenvalue weighted by Gasteiger charge is -2.19. The van der Waals surface area contributed by atoms with E-state index in [-0.39, 0.29) is 11.4 Å². The molecule has 12 heavy (non-hydrogen) atoms. The zero-order valence-corrected chi connectivity index (χ0v) is 8.36. The van der Waals surface area contributed by atoms with Gasteiger partial charge in [-0.05, 0) is 18.6 Å². The van der Waals surface area contributed by atoms with Gasteiger partial charge >= 0.3 is 0 Å². The van der Waals surface area contributed by atoms with Gasteiger partial charge in [-0.3, -0.25) is 0 Å². The molecule has 0 spiro atoms. The number of hydrogen-bond acceptors (Lipinski definition) is 3. The predicted octanol–water partition coefficient (Wildman–Crippen LogP) is 1.18. The van der Waals surface area contributed by atoms with Gasteiger partial charge in [0.05, 0.1) is 5.97 Å². The third kappa shape index (κ3) is 3.97. The van der Waals surface area contributed by atoms with Crippen molar-refractivity contribution in [3.8, 4) is 0 Å². The summed E-state index contributed by atoms with van der Waals surface area (Å²) in [6.07, 6.45) is 5.45. The van der Waals surface area contributed by atoms with Gasteiger partial charge in [-0.15, -0.1) is 0 Å². The van der Waals surface area contributed by atoms with Crippen LogP contribution in [0.25, 0.3) is 0 Å². The summed E-state index contributed by atoms with van der Waals surface area (Å²) in [7, 11) is 0. The first-order chi connectivity index (χ1) is 5.30. The maximum atomic E-state index is 10.5. The van der Waals surface area contributed by atoms with E-state index in [4.69, 9.17) is 0 Å². The van der Waals surface area contributed by atoms with Crippen molar-refractivity contribution in [2.75, 3.05) is 5.75 Å². The van der Waals surface area contributed by atoms with Crippen LogP contribution in [0.1, 0.15) is 32.1 Å². The minimum Gasteiger partial charge on any atom is -0.549 e. The van der Waals surface area contributed by atoms with Crippen LogP contribution in [-0.4, -0.2) is 17.0 Å². The van der Waals surface area contributed by atoms with E-state index >= 15 is 0 Å². The first kappa shape index (κ1) is 11.8. The predicted molar refractivity (Wildman–Crippen MR) is 50.3 cm³/mol. The molecule has 4 heteroatoms. The van der Waals surface area contributed by atoms with Crippen LogP contribution in [0.2, 0.25) is 0 Å². The highest BCUT2D eigenvalue weighted by Gasteiger charge is 2.11. The molecular weight excluding hydrogens is 174 g/mol. The number of carboxylic acid groups (broad SMARTS) is 1. The van der Waals surface area contributed by atoms with Gasteiger partial charge in [-0.25, -0.2) is 0 Å². The second-order valence-electron chi connectivity index (χ2n) is 2.88. The molecular formula is C8H17NO2S. The second-order valence-corrected chi connectivity index (χ2v) is 4.19. The third-order valence-electron chi connectivity index (χ3n) is 1.94. The minimum atomic E-state index is -0.878. The smallest absolute Gasteiger partial charge is 0.0544 e. The molecule has 0 aromatic carbocycles. The Labute approximate surface area is 77.5 Å². The van der Waals surface area contributed by atoms with Gasteiger partial charge < -0.3 is 16.1 Å². The molecule has 1 rings (SSSR count). The van der Waals surface area contributed by atoms with Gasteiger partial charge in [0.1, 0.15) is 0 Å². The van der Waals surface area contributed by atoms with Crippen LogP contribution in [0.5, 0.6) is 0 Å². The quantitative estimate of drug-likeness (QED) is 0.676. The molecule has 1 heterocycles. The van der Waals surface area contributed by atoms with E-state index in [1.807, 2.05) is 0 Å². The molecule has 1 saturated heterocycles. The highest BCUT2D eigenvalue weighted by Crippen LogP contribution is 2.22. The number of aliphatic carboxylic acids is 1. The van der Waals surface area contributed by atoms with Crippen molar-refractivity contribution >= 4 is 17.7 Å². The summed E-state index contributed by atoms with van der Waals surface area (Å²) in [5.41, 5.74) is 0. The fourth-order valence-corrected chi connectivity index (χ4v) is 2.40. The van der Waals surface area contributed by atoms with Gasteiger partial charge in [0, 0.05) is 5.25 Å². The van der Waals surface area contributed by atoms with E-state index in [9.17, 15) is 9.90 Å².